The normalized spacial score (nSPS) is 18.8. The Morgan fingerprint density at radius 3 is 2.85 bits per heavy atom. The van der Waals surface area contributed by atoms with Crippen LogP contribution < -0.4 is 5.32 Å². The molecule has 0 saturated heterocycles. The van der Waals surface area contributed by atoms with E-state index in [1.54, 1.807) is 0 Å². The van der Waals surface area contributed by atoms with Gasteiger partial charge in [0, 0.05) is 24.0 Å². The molecular weight excluding hydrogens is 246 g/mol. The maximum absolute atomic E-state index is 4.65. The van der Waals surface area contributed by atoms with E-state index in [0.29, 0.717) is 5.92 Å². The number of rotatable bonds is 4. The molecule has 0 aromatic carbocycles. The number of hydrogen-bond donors (Lipinski definition) is 1. The van der Waals surface area contributed by atoms with Crippen molar-refractivity contribution < 1.29 is 0 Å². The Bertz CT molecular complexity index is 594. The zero-order valence-corrected chi connectivity index (χ0v) is 12.1. The van der Waals surface area contributed by atoms with Gasteiger partial charge in [-0.15, -0.1) is 0 Å². The number of fused-ring (bicyclic) bond motifs is 1. The highest BCUT2D eigenvalue weighted by Gasteiger charge is 2.32. The van der Waals surface area contributed by atoms with Crippen LogP contribution in [0.15, 0.2) is 36.7 Å². The summed E-state index contributed by atoms with van der Waals surface area (Å²) in [6.45, 7) is 2.19. The van der Waals surface area contributed by atoms with Gasteiger partial charge in [-0.25, -0.2) is 0 Å². The van der Waals surface area contributed by atoms with Gasteiger partial charge in [0.25, 0.3) is 0 Å². The van der Waals surface area contributed by atoms with E-state index in [4.69, 9.17) is 0 Å². The molecule has 3 nitrogen and oxygen atoms in total. The highest BCUT2D eigenvalue weighted by atomic mass is 14.9. The van der Waals surface area contributed by atoms with Gasteiger partial charge in [0.15, 0.2) is 0 Å². The molecule has 2 aromatic rings. The average molecular weight is 267 g/mol. The first kappa shape index (κ1) is 13.3. The van der Waals surface area contributed by atoms with Crippen LogP contribution in [-0.4, -0.2) is 17.0 Å². The van der Waals surface area contributed by atoms with E-state index < -0.39 is 0 Å². The molecule has 0 saturated carbocycles. The summed E-state index contributed by atoms with van der Waals surface area (Å²) in [5.74, 6) is 0.427. The number of nitrogens with one attached hydrogen (secondary N) is 1. The molecule has 2 unspecified atom stereocenters. The summed E-state index contributed by atoms with van der Waals surface area (Å²) in [5, 5.41) is 3.47. The number of hydrogen-bond acceptors (Lipinski definition) is 3. The summed E-state index contributed by atoms with van der Waals surface area (Å²) in [5.41, 5.74) is 5.16. The molecule has 20 heavy (non-hydrogen) atoms. The van der Waals surface area contributed by atoms with E-state index in [-0.39, 0.29) is 6.04 Å². The number of pyridine rings is 2. The third-order valence-electron chi connectivity index (χ3n) is 4.32. The van der Waals surface area contributed by atoms with Crippen LogP contribution in [0.5, 0.6) is 0 Å². The first-order valence-corrected chi connectivity index (χ1v) is 7.40. The molecule has 2 heterocycles. The first-order chi connectivity index (χ1) is 9.85. The zero-order valence-electron chi connectivity index (χ0n) is 12.1. The molecule has 2 atom stereocenters. The second-order valence-electron chi connectivity index (χ2n) is 5.36. The van der Waals surface area contributed by atoms with Gasteiger partial charge in [-0.3, -0.25) is 9.97 Å². The predicted molar refractivity (Wildman–Crippen MR) is 80.7 cm³/mol. The van der Waals surface area contributed by atoms with Crippen molar-refractivity contribution in [2.75, 3.05) is 7.05 Å². The predicted octanol–water partition coefficient (Wildman–Crippen LogP) is 3.03. The van der Waals surface area contributed by atoms with Crippen LogP contribution in [0.25, 0.3) is 0 Å². The molecule has 3 rings (SSSR count). The smallest absolute Gasteiger partial charge is 0.0611 e. The third kappa shape index (κ3) is 2.22. The molecule has 2 aromatic heterocycles. The molecule has 1 aliphatic rings. The molecule has 0 aliphatic heterocycles. The Balaban J connectivity index is 1.99. The minimum absolute atomic E-state index is 0.252. The summed E-state index contributed by atoms with van der Waals surface area (Å²) in [6.07, 6.45) is 7.09. The minimum Gasteiger partial charge on any atom is -0.311 e. The van der Waals surface area contributed by atoms with Gasteiger partial charge in [0.05, 0.1) is 11.7 Å². The number of aromatic nitrogens is 2. The molecule has 104 valence electrons. The Morgan fingerprint density at radius 1 is 1.25 bits per heavy atom. The molecule has 0 bridgehead atoms. The second kappa shape index (κ2) is 5.71. The Labute approximate surface area is 120 Å². The van der Waals surface area contributed by atoms with Crippen molar-refractivity contribution in [2.45, 2.75) is 38.1 Å². The van der Waals surface area contributed by atoms with Gasteiger partial charge in [-0.05, 0) is 49.6 Å². The fourth-order valence-electron chi connectivity index (χ4n) is 3.33. The zero-order chi connectivity index (χ0) is 13.9. The van der Waals surface area contributed by atoms with E-state index in [9.17, 15) is 0 Å². The third-order valence-corrected chi connectivity index (χ3v) is 4.32. The SMILES string of the molecule is CCc1cccnc1C(NC)C1CCc2cccnc21. The van der Waals surface area contributed by atoms with Crippen molar-refractivity contribution in [3.63, 3.8) is 0 Å². The van der Waals surface area contributed by atoms with Crippen LogP contribution in [0.4, 0.5) is 0 Å². The van der Waals surface area contributed by atoms with Gasteiger partial charge in [-0.2, -0.15) is 0 Å². The van der Waals surface area contributed by atoms with Crippen molar-refractivity contribution >= 4 is 0 Å². The fourth-order valence-corrected chi connectivity index (χ4v) is 3.33. The van der Waals surface area contributed by atoms with E-state index in [1.807, 2.05) is 31.6 Å². The average Bonchev–Trinajstić information content (AvgIpc) is 2.93. The van der Waals surface area contributed by atoms with Crippen molar-refractivity contribution in [3.05, 3.63) is 59.2 Å². The lowest BCUT2D eigenvalue weighted by atomic mass is 9.91. The van der Waals surface area contributed by atoms with Gasteiger partial charge in [0.2, 0.25) is 0 Å². The largest absolute Gasteiger partial charge is 0.311 e. The van der Waals surface area contributed by atoms with Crippen molar-refractivity contribution in [1.29, 1.82) is 0 Å². The van der Waals surface area contributed by atoms with Crippen LogP contribution in [0.3, 0.4) is 0 Å². The molecular formula is C17H21N3. The van der Waals surface area contributed by atoms with E-state index in [2.05, 4.69) is 34.3 Å². The Morgan fingerprint density at radius 2 is 2.05 bits per heavy atom. The molecule has 0 fully saturated rings. The first-order valence-electron chi connectivity index (χ1n) is 7.40. The van der Waals surface area contributed by atoms with Crippen LogP contribution in [0.1, 0.15) is 47.8 Å². The van der Waals surface area contributed by atoms with Crippen molar-refractivity contribution in [3.8, 4) is 0 Å². The lowest BCUT2D eigenvalue weighted by Gasteiger charge is -2.24. The Kier molecular flexibility index (Phi) is 3.79. The van der Waals surface area contributed by atoms with Crippen LogP contribution in [0.2, 0.25) is 0 Å². The summed E-state index contributed by atoms with van der Waals surface area (Å²) in [4.78, 5) is 9.27. The van der Waals surface area contributed by atoms with Crippen molar-refractivity contribution in [2.24, 2.45) is 0 Å². The molecule has 1 aliphatic carbocycles. The molecule has 1 N–H and O–H groups in total. The molecule has 3 heteroatoms. The van der Waals surface area contributed by atoms with E-state index >= 15 is 0 Å². The maximum Gasteiger partial charge on any atom is 0.0611 e. The summed E-state index contributed by atoms with van der Waals surface area (Å²) in [6, 6.07) is 8.70. The van der Waals surface area contributed by atoms with Crippen LogP contribution in [0, 0.1) is 0 Å². The van der Waals surface area contributed by atoms with Crippen LogP contribution in [-0.2, 0) is 12.8 Å². The van der Waals surface area contributed by atoms with Crippen LogP contribution >= 0.6 is 0 Å². The maximum atomic E-state index is 4.65. The fraction of sp³-hybridized carbons (Fsp3) is 0.412. The lowest BCUT2D eigenvalue weighted by molar-refractivity contribution is 0.457. The molecule has 0 amide bonds. The standard InChI is InChI=1S/C17H21N3/c1-3-12-6-4-11-20-16(12)17(18-2)14-9-8-13-7-5-10-19-15(13)14/h4-7,10-11,14,17-18H,3,8-9H2,1-2H3. The molecule has 0 radical (unpaired) electrons. The number of nitrogens with zero attached hydrogens (tertiary/aromatic N) is 2. The van der Waals surface area contributed by atoms with Gasteiger partial charge >= 0.3 is 0 Å². The van der Waals surface area contributed by atoms with Gasteiger partial charge in [0.1, 0.15) is 0 Å². The van der Waals surface area contributed by atoms with E-state index in [0.717, 1.165) is 19.3 Å². The Hall–Kier alpha value is -1.74. The molecule has 0 spiro atoms. The van der Waals surface area contributed by atoms with Crippen molar-refractivity contribution in [1.82, 2.24) is 15.3 Å². The minimum atomic E-state index is 0.252. The monoisotopic (exact) mass is 267 g/mol. The van der Waals surface area contributed by atoms with E-state index in [1.165, 1.54) is 22.5 Å². The highest BCUT2D eigenvalue weighted by molar-refractivity contribution is 5.34. The summed E-state index contributed by atoms with van der Waals surface area (Å²) < 4.78 is 0. The highest BCUT2D eigenvalue weighted by Crippen LogP contribution is 2.40. The second-order valence-corrected chi connectivity index (χ2v) is 5.36. The summed E-state index contributed by atoms with van der Waals surface area (Å²) in [7, 11) is 2.03. The van der Waals surface area contributed by atoms with Gasteiger partial charge in [-0.1, -0.05) is 19.1 Å². The summed E-state index contributed by atoms with van der Waals surface area (Å²) >= 11 is 0. The van der Waals surface area contributed by atoms with Gasteiger partial charge < -0.3 is 5.32 Å². The number of likely N-dealkylation sites (N-methyl/N-ethyl adjacent to an activating group) is 1. The lowest BCUT2D eigenvalue weighted by Crippen LogP contribution is -2.25. The number of aryl methyl sites for hydroxylation is 2. The quantitative estimate of drug-likeness (QED) is 0.925. The topological polar surface area (TPSA) is 37.8 Å².